The normalized spacial score (nSPS) is 18.6. The first kappa shape index (κ1) is 14.2. The molecule has 19 heavy (non-hydrogen) atoms. The van der Waals surface area contributed by atoms with Gasteiger partial charge in [-0.05, 0) is 24.3 Å². The van der Waals surface area contributed by atoms with E-state index in [0.717, 1.165) is 38.4 Å². The van der Waals surface area contributed by atoms with Gasteiger partial charge in [0, 0.05) is 51.6 Å². The highest BCUT2D eigenvalue weighted by molar-refractivity contribution is 5.46. The second-order valence-electron chi connectivity index (χ2n) is 4.98. The van der Waals surface area contributed by atoms with Crippen molar-refractivity contribution in [1.82, 2.24) is 4.90 Å². The summed E-state index contributed by atoms with van der Waals surface area (Å²) in [5.74, 6) is -0.187. The number of hydrogen-bond acceptors (Lipinski definition) is 4. The average molecular weight is 267 g/mol. The van der Waals surface area contributed by atoms with Crippen LogP contribution >= 0.6 is 0 Å². The number of piperazine rings is 1. The number of halogens is 1. The van der Waals surface area contributed by atoms with E-state index in [1.165, 1.54) is 12.1 Å². The van der Waals surface area contributed by atoms with Gasteiger partial charge in [-0.25, -0.2) is 4.39 Å². The molecule has 2 rings (SSSR count). The molecule has 1 aromatic rings. The van der Waals surface area contributed by atoms with E-state index in [-0.39, 0.29) is 11.9 Å². The zero-order valence-electron chi connectivity index (χ0n) is 11.4. The largest absolute Gasteiger partial charge is 0.383 e. The van der Waals surface area contributed by atoms with Gasteiger partial charge in [0.2, 0.25) is 0 Å². The molecule has 1 aliphatic rings. The summed E-state index contributed by atoms with van der Waals surface area (Å²) in [7, 11) is 1.67. The predicted octanol–water partition coefficient (Wildman–Crippen LogP) is 0.921. The highest BCUT2D eigenvalue weighted by atomic mass is 19.1. The molecule has 4 nitrogen and oxygen atoms in total. The maximum atomic E-state index is 12.9. The van der Waals surface area contributed by atoms with Gasteiger partial charge in [0.25, 0.3) is 0 Å². The standard InChI is InChI=1S/C14H22FN3O/c1-19-11-13(16)10-17-6-8-18(9-7-17)14-4-2-12(15)3-5-14/h2-5,13H,6-11,16H2,1H3. The van der Waals surface area contributed by atoms with Gasteiger partial charge in [0.05, 0.1) is 6.61 Å². The number of nitrogens with zero attached hydrogens (tertiary/aromatic N) is 2. The number of anilines is 1. The van der Waals surface area contributed by atoms with Crippen molar-refractivity contribution in [3.63, 3.8) is 0 Å². The molecule has 1 atom stereocenters. The van der Waals surface area contributed by atoms with Crippen LogP contribution in [0.1, 0.15) is 0 Å². The van der Waals surface area contributed by atoms with Crippen LogP contribution in [-0.4, -0.2) is 57.4 Å². The third-order valence-electron chi connectivity index (χ3n) is 3.44. The van der Waals surface area contributed by atoms with Crippen LogP contribution in [0, 0.1) is 5.82 Å². The first-order valence-electron chi connectivity index (χ1n) is 6.66. The van der Waals surface area contributed by atoms with Gasteiger partial charge in [0.15, 0.2) is 0 Å². The van der Waals surface area contributed by atoms with Crippen LogP contribution < -0.4 is 10.6 Å². The molecule has 5 heteroatoms. The fourth-order valence-electron chi connectivity index (χ4n) is 2.44. The number of hydrogen-bond donors (Lipinski definition) is 1. The first-order chi connectivity index (χ1) is 9.19. The van der Waals surface area contributed by atoms with Gasteiger partial charge in [-0.2, -0.15) is 0 Å². The number of methoxy groups -OCH3 is 1. The van der Waals surface area contributed by atoms with Crippen LogP contribution in [0.3, 0.4) is 0 Å². The highest BCUT2D eigenvalue weighted by Crippen LogP contribution is 2.16. The van der Waals surface area contributed by atoms with Crippen LogP contribution in [-0.2, 0) is 4.74 Å². The summed E-state index contributed by atoms with van der Waals surface area (Å²) in [4.78, 5) is 4.63. The molecule has 1 fully saturated rings. The van der Waals surface area contributed by atoms with Crippen molar-refractivity contribution in [3.05, 3.63) is 30.1 Å². The lowest BCUT2D eigenvalue weighted by Crippen LogP contribution is -2.50. The summed E-state index contributed by atoms with van der Waals surface area (Å²) >= 11 is 0. The summed E-state index contributed by atoms with van der Waals surface area (Å²) < 4.78 is 17.9. The topological polar surface area (TPSA) is 41.7 Å². The monoisotopic (exact) mass is 267 g/mol. The van der Waals surface area contributed by atoms with Gasteiger partial charge >= 0.3 is 0 Å². The molecule has 0 saturated carbocycles. The fraction of sp³-hybridized carbons (Fsp3) is 0.571. The van der Waals surface area contributed by atoms with Crippen molar-refractivity contribution in [2.75, 3.05) is 51.3 Å². The predicted molar refractivity (Wildman–Crippen MR) is 74.9 cm³/mol. The second-order valence-corrected chi connectivity index (χ2v) is 4.98. The molecule has 0 amide bonds. The summed E-state index contributed by atoms with van der Waals surface area (Å²) in [6.07, 6.45) is 0. The lowest BCUT2D eigenvalue weighted by atomic mass is 10.2. The Morgan fingerprint density at radius 1 is 1.21 bits per heavy atom. The molecule has 0 bridgehead atoms. The Balaban J connectivity index is 1.80. The van der Waals surface area contributed by atoms with E-state index in [9.17, 15) is 4.39 Å². The van der Waals surface area contributed by atoms with Crippen LogP contribution in [0.2, 0.25) is 0 Å². The molecule has 0 aliphatic carbocycles. The molecular weight excluding hydrogens is 245 g/mol. The van der Waals surface area contributed by atoms with Crippen LogP contribution in [0.5, 0.6) is 0 Å². The molecule has 1 aliphatic heterocycles. The van der Waals surface area contributed by atoms with Gasteiger partial charge < -0.3 is 15.4 Å². The van der Waals surface area contributed by atoms with Crippen molar-refractivity contribution in [1.29, 1.82) is 0 Å². The van der Waals surface area contributed by atoms with E-state index in [1.54, 1.807) is 7.11 Å². The van der Waals surface area contributed by atoms with Gasteiger partial charge in [-0.15, -0.1) is 0 Å². The van der Waals surface area contributed by atoms with E-state index in [0.29, 0.717) is 6.61 Å². The van der Waals surface area contributed by atoms with Gasteiger partial charge in [-0.1, -0.05) is 0 Å². The van der Waals surface area contributed by atoms with E-state index in [4.69, 9.17) is 10.5 Å². The van der Waals surface area contributed by atoms with Crippen molar-refractivity contribution >= 4 is 5.69 Å². The molecule has 0 spiro atoms. The molecular formula is C14H22FN3O. The number of nitrogens with two attached hydrogens (primary N) is 1. The van der Waals surface area contributed by atoms with E-state index in [2.05, 4.69) is 9.80 Å². The van der Waals surface area contributed by atoms with Crippen molar-refractivity contribution in [2.24, 2.45) is 5.73 Å². The summed E-state index contributed by atoms with van der Waals surface area (Å²) in [6.45, 7) is 5.32. The van der Waals surface area contributed by atoms with Crippen LogP contribution in [0.25, 0.3) is 0 Å². The zero-order chi connectivity index (χ0) is 13.7. The smallest absolute Gasteiger partial charge is 0.123 e. The summed E-state index contributed by atoms with van der Waals surface area (Å²) in [5.41, 5.74) is 7.04. The first-order valence-corrected chi connectivity index (χ1v) is 6.66. The SMILES string of the molecule is COCC(N)CN1CCN(c2ccc(F)cc2)CC1. The minimum absolute atomic E-state index is 0.0716. The second kappa shape index (κ2) is 6.84. The highest BCUT2D eigenvalue weighted by Gasteiger charge is 2.18. The molecule has 2 N–H and O–H groups in total. The fourth-order valence-corrected chi connectivity index (χ4v) is 2.44. The molecule has 1 saturated heterocycles. The van der Waals surface area contributed by atoms with E-state index >= 15 is 0 Å². The molecule has 1 unspecified atom stereocenters. The molecule has 0 radical (unpaired) electrons. The lowest BCUT2D eigenvalue weighted by Gasteiger charge is -2.37. The number of rotatable bonds is 5. The van der Waals surface area contributed by atoms with Crippen LogP contribution in [0.15, 0.2) is 24.3 Å². The number of benzene rings is 1. The molecule has 106 valence electrons. The van der Waals surface area contributed by atoms with Gasteiger partial charge in [-0.3, -0.25) is 4.90 Å². The van der Waals surface area contributed by atoms with Crippen LogP contribution in [0.4, 0.5) is 10.1 Å². The van der Waals surface area contributed by atoms with E-state index in [1.807, 2.05) is 12.1 Å². The van der Waals surface area contributed by atoms with Crippen molar-refractivity contribution in [2.45, 2.75) is 6.04 Å². The minimum Gasteiger partial charge on any atom is -0.383 e. The summed E-state index contributed by atoms with van der Waals surface area (Å²) in [6, 6.07) is 6.76. The summed E-state index contributed by atoms with van der Waals surface area (Å²) in [5, 5.41) is 0. The quantitative estimate of drug-likeness (QED) is 0.861. The zero-order valence-corrected chi connectivity index (χ0v) is 11.4. The maximum Gasteiger partial charge on any atom is 0.123 e. The Morgan fingerprint density at radius 2 is 1.84 bits per heavy atom. The minimum atomic E-state index is -0.187. The van der Waals surface area contributed by atoms with E-state index < -0.39 is 0 Å². The number of ether oxygens (including phenoxy) is 1. The molecule has 0 aromatic heterocycles. The Kier molecular flexibility index (Phi) is 5.13. The Labute approximate surface area is 113 Å². The third kappa shape index (κ3) is 4.16. The molecule has 1 heterocycles. The average Bonchev–Trinajstić information content (AvgIpc) is 2.41. The van der Waals surface area contributed by atoms with Crippen molar-refractivity contribution in [3.8, 4) is 0 Å². The van der Waals surface area contributed by atoms with Crippen molar-refractivity contribution < 1.29 is 9.13 Å². The van der Waals surface area contributed by atoms with Gasteiger partial charge in [0.1, 0.15) is 5.82 Å². The Bertz CT molecular complexity index is 377. The Morgan fingerprint density at radius 3 is 2.42 bits per heavy atom. The third-order valence-corrected chi connectivity index (χ3v) is 3.44. The lowest BCUT2D eigenvalue weighted by molar-refractivity contribution is 0.150. The maximum absolute atomic E-state index is 12.9. The molecule has 1 aromatic carbocycles. The Hall–Kier alpha value is -1.17.